The first-order valence-electron chi connectivity index (χ1n) is 8.56. The Morgan fingerprint density at radius 3 is 2.42 bits per heavy atom. The minimum atomic E-state index is -0.0818. The molecule has 0 bridgehead atoms. The van der Waals surface area contributed by atoms with Gasteiger partial charge in [-0.3, -0.25) is 4.79 Å². The molecule has 0 unspecified atom stereocenters. The lowest BCUT2D eigenvalue weighted by Crippen LogP contribution is -2.26. The first kappa shape index (κ1) is 17.9. The van der Waals surface area contributed by atoms with Crippen molar-refractivity contribution in [2.24, 2.45) is 0 Å². The lowest BCUT2D eigenvalue weighted by atomic mass is 10.1. The molecule has 1 N–H and O–H groups in total. The third-order valence-corrected chi connectivity index (χ3v) is 3.68. The van der Waals surface area contributed by atoms with Crippen LogP contribution in [0.4, 0.5) is 11.6 Å². The Bertz CT molecular complexity index is 649. The summed E-state index contributed by atoms with van der Waals surface area (Å²) in [7, 11) is 0. The third kappa shape index (κ3) is 5.33. The molecule has 2 rings (SSSR count). The van der Waals surface area contributed by atoms with Gasteiger partial charge in [0.15, 0.2) is 11.6 Å². The summed E-state index contributed by atoms with van der Waals surface area (Å²) in [6.45, 7) is 8.24. The van der Waals surface area contributed by atoms with Crippen LogP contribution < -0.4 is 10.2 Å². The molecule has 0 saturated heterocycles. The molecule has 0 aliphatic carbocycles. The van der Waals surface area contributed by atoms with Crippen LogP contribution in [0.2, 0.25) is 0 Å². The molecule has 128 valence electrons. The lowest BCUT2D eigenvalue weighted by molar-refractivity contribution is -0.115. The van der Waals surface area contributed by atoms with Crippen LogP contribution in [0.3, 0.4) is 0 Å². The second-order valence-corrected chi connectivity index (χ2v) is 5.98. The Hall–Kier alpha value is -2.43. The van der Waals surface area contributed by atoms with Gasteiger partial charge in [-0.2, -0.15) is 0 Å². The number of aryl methyl sites for hydroxylation is 1. The largest absolute Gasteiger partial charge is 0.355 e. The van der Waals surface area contributed by atoms with E-state index >= 15 is 0 Å². The molecule has 1 amide bonds. The fourth-order valence-corrected chi connectivity index (χ4v) is 2.64. The Labute approximate surface area is 144 Å². The minimum absolute atomic E-state index is 0.0818. The van der Waals surface area contributed by atoms with E-state index in [1.807, 2.05) is 43.3 Å². The van der Waals surface area contributed by atoms with Crippen LogP contribution >= 0.6 is 0 Å². The molecule has 0 aliphatic heterocycles. The Balaban J connectivity index is 1.96. The molecule has 0 spiro atoms. The zero-order valence-corrected chi connectivity index (χ0v) is 14.7. The number of hydrogen-bond donors (Lipinski definition) is 1. The van der Waals surface area contributed by atoms with Crippen LogP contribution in [0.5, 0.6) is 0 Å². The van der Waals surface area contributed by atoms with Gasteiger partial charge in [0.2, 0.25) is 5.91 Å². The van der Waals surface area contributed by atoms with E-state index in [0.29, 0.717) is 12.2 Å². The zero-order valence-electron chi connectivity index (χ0n) is 14.7. The van der Waals surface area contributed by atoms with Gasteiger partial charge in [0.25, 0.3) is 0 Å². The average Bonchev–Trinajstić information content (AvgIpc) is 2.55. The van der Waals surface area contributed by atoms with E-state index in [1.54, 1.807) is 0 Å². The first-order chi connectivity index (χ1) is 11.6. The fraction of sp³-hybridized carbons (Fsp3) is 0.421. The Morgan fingerprint density at radius 2 is 1.83 bits per heavy atom. The number of benzene rings is 1. The summed E-state index contributed by atoms with van der Waals surface area (Å²) in [5, 5.41) is 11.2. The summed E-state index contributed by atoms with van der Waals surface area (Å²) in [5.74, 6) is 1.27. The molecule has 1 aromatic heterocycles. The fourth-order valence-electron chi connectivity index (χ4n) is 2.64. The molecule has 0 radical (unpaired) electrons. The summed E-state index contributed by atoms with van der Waals surface area (Å²) in [4.78, 5) is 14.3. The number of nitrogens with zero attached hydrogens (tertiary/aromatic N) is 3. The van der Waals surface area contributed by atoms with Crippen LogP contribution in [0, 0.1) is 6.92 Å². The van der Waals surface area contributed by atoms with E-state index in [-0.39, 0.29) is 5.91 Å². The summed E-state index contributed by atoms with van der Waals surface area (Å²) in [5.41, 5.74) is 2.14. The Morgan fingerprint density at radius 1 is 1.08 bits per heavy atom. The number of carbonyl (C=O) groups excluding carboxylic acids is 1. The van der Waals surface area contributed by atoms with Gasteiger partial charge in [-0.1, -0.05) is 43.7 Å². The van der Waals surface area contributed by atoms with Crippen LogP contribution in [0.25, 0.3) is 0 Å². The van der Waals surface area contributed by atoms with Crippen molar-refractivity contribution in [1.82, 2.24) is 10.2 Å². The van der Waals surface area contributed by atoms with Gasteiger partial charge in [0.05, 0.1) is 6.42 Å². The van der Waals surface area contributed by atoms with Crippen molar-refractivity contribution in [3.63, 3.8) is 0 Å². The van der Waals surface area contributed by atoms with Gasteiger partial charge >= 0.3 is 0 Å². The maximum absolute atomic E-state index is 12.1. The smallest absolute Gasteiger partial charge is 0.229 e. The number of rotatable bonds is 8. The molecule has 2 aromatic rings. The number of carbonyl (C=O) groups is 1. The van der Waals surface area contributed by atoms with Gasteiger partial charge in [-0.05, 0) is 37.5 Å². The summed E-state index contributed by atoms with van der Waals surface area (Å²) < 4.78 is 0. The lowest BCUT2D eigenvalue weighted by Gasteiger charge is -2.21. The molecular weight excluding hydrogens is 300 g/mol. The highest BCUT2D eigenvalue weighted by atomic mass is 16.1. The number of amides is 1. The molecule has 0 atom stereocenters. The molecule has 5 heteroatoms. The number of anilines is 2. The molecule has 5 nitrogen and oxygen atoms in total. The van der Waals surface area contributed by atoms with Crippen LogP contribution in [-0.2, 0) is 11.2 Å². The number of aromatic nitrogens is 2. The van der Waals surface area contributed by atoms with E-state index in [2.05, 4.69) is 34.3 Å². The molecular formula is C19H26N4O. The van der Waals surface area contributed by atoms with Gasteiger partial charge < -0.3 is 10.2 Å². The van der Waals surface area contributed by atoms with Crippen molar-refractivity contribution in [2.75, 3.05) is 23.3 Å². The molecule has 1 heterocycles. The monoisotopic (exact) mass is 326 g/mol. The van der Waals surface area contributed by atoms with Crippen LogP contribution in [-0.4, -0.2) is 29.2 Å². The van der Waals surface area contributed by atoms with E-state index in [0.717, 1.165) is 42.9 Å². The van der Waals surface area contributed by atoms with Crippen LogP contribution in [0.15, 0.2) is 36.4 Å². The van der Waals surface area contributed by atoms with Gasteiger partial charge in [0.1, 0.15) is 0 Å². The zero-order chi connectivity index (χ0) is 17.4. The maximum atomic E-state index is 12.1. The second kappa shape index (κ2) is 9.01. The maximum Gasteiger partial charge on any atom is 0.229 e. The molecule has 0 fully saturated rings. The highest BCUT2D eigenvalue weighted by Crippen LogP contribution is 2.13. The summed E-state index contributed by atoms with van der Waals surface area (Å²) >= 11 is 0. The highest BCUT2D eigenvalue weighted by Gasteiger charge is 2.09. The highest BCUT2D eigenvalue weighted by molar-refractivity contribution is 5.91. The van der Waals surface area contributed by atoms with Gasteiger partial charge in [-0.25, -0.2) is 0 Å². The predicted octanol–water partition coefficient (Wildman–Crippen LogP) is 3.59. The van der Waals surface area contributed by atoms with E-state index in [9.17, 15) is 4.79 Å². The van der Waals surface area contributed by atoms with Crippen molar-refractivity contribution >= 4 is 17.5 Å². The molecule has 0 saturated carbocycles. The molecule has 24 heavy (non-hydrogen) atoms. The van der Waals surface area contributed by atoms with Crippen molar-refractivity contribution in [1.29, 1.82) is 0 Å². The minimum Gasteiger partial charge on any atom is -0.355 e. The quantitative estimate of drug-likeness (QED) is 0.805. The standard InChI is InChI=1S/C19H26N4O/c1-4-11-23(12-5-2)18-10-9-17(21-22-18)20-19(24)14-16-8-6-7-15(3)13-16/h6-10,13H,4-5,11-12,14H2,1-3H3,(H,20,21,24). The molecule has 1 aromatic carbocycles. The van der Waals surface area contributed by atoms with Crippen molar-refractivity contribution in [2.45, 2.75) is 40.0 Å². The van der Waals surface area contributed by atoms with Crippen LogP contribution in [0.1, 0.15) is 37.8 Å². The second-order valence-electron chi connectivity index (χ2n) is 5.98. The van der Waals surface area contributed by atoms with E-state index in [4.69, 9.17) is 0 Å². The van der Waals surface area contributed by atoms with E-state index < -0.39 is 0 Å². The van der Waals surface area contributed by atoms with Gasteiger partial charge in [-0.15, -0.1) is 10.2 Å². The normalized spacial score (nSPS) is 10.5. The first-order valence-corrected chi connectivity index (χ1v) is 8.56. The topological polar surface area (TPSA) is 58.1 Å². The van der Waals surface area contributed by atoms with Crippen molar-refractivity contribution < 1.29 is 4.79 Å². The predicted molar refractivity (Wildman–Crippen MR) is 98.3 cm³/mol. The van der Waals surface area contributed by atoms with Crippen molar-refractivity contribution in [3.05, 3.63) is 47.5 Å². The summed E-state index contributed by atoms with van der Waals surface area (Å²) in [6.07, 6.45) is 2.47. The molecule has 0 aliphatic rings. The van der Waals surface area contributed by atoms with Gasteiger partial charge in [0, 0.05) is 13.1 Å². The number of hydrogen-bond acceptors (Lipinski definition) is 4. The Kier molecular flexibility index (Phi) is 6.73. The third-order valence-electron chi connectivity index (χ3n) is 3.68. The van der Waals surface area contributed by atoms with Crippen molar-refractivity contribution in [3.8, 4) is 0 Å². The van der Waals surface area contributed by atoms with E-state index in [1.165, 1.54) is 0 Å². The average molecular weight is 326 g/mol. The summed E-state index contributed by atoms with van der Waals surface area (Å²) in [6, 6.07) is 11.7. The SMILES string of the molecule is CCCN(CCC)c1ccc(NC(=O)Cc2cccc(C)c2)nn1. The number of nitrogens with one attached hydrogen (secondary N) is 1.